The highest BCUT2D eigenvalue weighted by Crippen LogP contribution is 2.19. The van der Waals surface area contributed by atoms with Gasteiger partial charge in [-0.2, -0.15) is 0 Å². The van der Waals surface area contributed by atoms with Gasteiger partial charge in [-0.25, -0.2) is 8.78 Å². The maximum Gasteiger partial charge on any atom is 0.307 e. The van der Waals surface area contributed by atoms with Crippen molar-refractivity contribution in [2.75, 3.05) is 0 Å². The molecule has 2 rings (SSSR count). The molecule has 0 saturated heterocycles. The van der Waals surface area contributed by atoms with Crippen LogP contribution in [0.5, 0.6) is 0 Å². The summed E-state index contributed by atoms with van der Waals surface area (Å²) in [6.45, 7) is 1.93. The van der Waals surface area contributed by atoms with Gasteiger partial charge in [-0.15, -0.1) is 0 Å². The number of benzene rings is 2. The molecule has 2 aromatic rings. The quantitative estimate of drug-likeness (QED) is 0.910. The van der Waals surface area contributed by atoms with Crippen LogP contribution in [0.4, 0.5) is 8.78 Å². The molecule has 0 aliphatic heterocycles. The van der Waals surface area contributed by atoms with Crippen LogP contribution in [0.15, 0.2) is 42.5 Å². The first-order valence-electron chi connectivity index (χ1n) is 6.68. The Morgan fingerprint density at radius 1 is 1.14 bits per heavy atom. The lowest BCUT2D eigenvalue weighted by molar-refractivity contribution is -0.141. The first-order chi connectivity index (χ1) is 9.95. The molecule has 21 heavy (non-hydrogen) atoms. The van der Waals surface area contributed by atoms with Gasteiger partial charge in [0, 0.05) is 6.07 Å². The standard InChI is InChI=1S/C17H16F2O2/c1-11-3-2-4-12(7-11)8-14(17(20)21)9-13-5-6-15(18)10-16(13)19/h2-7,10,14H,8-9H2,1H3,(H,20,21). The monoisotopic (exact) mass is 290 g/mol. The molecular weight excluding hydrogens is 274 g/mol. The number of hydrogen-bond acceptors (Lipinski definition) is 1. The van der Waals surface area contributed by atoms with Crippen LogP contribution in [-0.4, -0.2) is 11.1 Å². The van der Waals surface area contributed by atoms with E-state index in [9.17, 15) is 18.7 Å². The van der Waals surface area contributed by atoms with Gasteiger partial charge in [-0.05, 0) is 37.0 Å². The molecule has 1 unspecified atom stereocenters. The van der Waals surface area contributed by atoms with Crippen molar-refractivity contribution in [3.63, 3.8) is 0 Å². The minimum absolute atomic E-state index is 0.0371. The van der Waals surface area contributed by atoms with E-state index in [4.69, 9.17) is 0 Å². The normalized spacial score (nSPS) is 12.1. The maximum absolute atomic E-state index is 13.6. The van der Waals surface area contributed by atoms with Gasteiger partial charge >= 0.3 is 5.97 Å². The minimum Gasteiger partial charge on any atom is -0.481 e. The van der Waals surface area contributed by atoms with Crippen LogP contribution in [0.1, 0.15) is 16.7 Å². The molecule has 1 atom stereocenters. The highest BCUT2D eigenvalue weighted by Gasteiger charge is 2.20. The van der Waals surface area contributed by atoms with Crippen molar-refractivity contribution in [3.8, 4) is 0 Å². The van der Waals surface area contributed by atoms with Crippen LogP contribution in [-0.2, 0) is 17.6 Å². The van der Waals surface area contributed by atoms with Gasteiger partial charge in [0.2, 0.25) is 0 Å². The third-order valence-electron chi connectivity index (χ3n) is 3.40. The summed E-state index contributed by atoms with van der Waals surface area (Å²) in [5.74, 6) is -3.10. The number of aryl methyl sites for hydroxylation is 1. The minimum atomic E-state index is -0.986. The van der Waals surface area contributed by atoms with Crippen molar-refractivity contribution in [1.29, 1.82) is 0 Å². The van der Waals surface area contributed by atoms with Crippen molar-refractivity contribution >= 4 is 5.97 Å². The van der Waals surface area contributed by atoms with Crippen LogP contribution >= 0.6 is 0 Å². The van der Waals surface area contributed by atoms with Gasteiger partial charge in [0.15, 0.2) is 0 Å². The Bertz CT molecular complexity index is 653. The molecular formula is C17H16F2O2. The summed E-state index contributed by atoms with van der Waals surface area (Å²) in [5, 5.41) is 9.31. The second-order valence-electron chi connectivity index (χ2n) is 5.17. The molecule has 0 radical (unpaired) electrons. The lowest BCUT2D eigenvalue weighted by Gasteiger charge is -2.13. The summed E-state index contributed by atoms with van der Waals surface area (Å²) in [7, 11) is 0. The van der Waals surface area contributed by atoms with E-state index in [1.54, 1.807) is 0 Å². The van der Waals surface area contributed by atoms with Gasteiger partial charge < -0.3 is 5.11 Å². The zero-order chi connectivity index (χ0) is 15.4. The zero-order valence-electron chi connectivity index (χ0n) is 11.6. The molecule has 1 N–H and O–H groups in total. The molecule has 0 amide bonds. The lowest BCUT2D eigenvalue weighted by Crippen LogP contribution is -2.19. The van der Waals surface area contributed by atoms with E-state index in [-0.39, 0.29) is 12.0 Å². The van der Waals surface area contributed by atoms with Crippen LogP contribution < -0.4 is 0 Å². The van der Waals surface area contributed by atoms with Crippen LogP contribution in [0.3, 0.4) is 0 Å². The summed E-state index contributed by atoms with van der Waals surface area (Å²) in [5.41, 5.74) is 2.16. The summed E-state index contributed by atoms with van der Waals surface area (Å²) in [6.07, 6.45) is 0.350. The Labute approximate surface area is 122 Å². The molecule has 0 aliphatic carbocycles. The third kappa shape index (κ3) is 4.12. The summed E-state index contributed by atoms with van der Waals surface area (Å²) in [6, 6.07) is 10.8. The molecule has 0 saturated carbocycles. The highest BCUT2D eigenvalue weighted by molar-refractivity contribution is 5.71. The van der Waals surface area contributed by atoms with E-state index in [2.05, 4.69) is 0 Å². The second-order valence-corrected chi connectivity index (χ2v) is 5.17. The van der Waals surface area contributed by atoms with Crippen molar-refractivity contribution in [1.82, 2.24) is 0 Å². The average molecular weight is 290 g/mol. The Morgan fingerprint density at radius 2 is 1.90 bits per heavy atom. The van der Waals surface area contributed by atoms with Gasteiger partial charge in [0.05, 0.1) is 5.92 Å². The largest absolute Gasteiger partial charge is 0.481 e. The first kappa shape index (κ1) is 15.2. The maximum atomic E-state index is 13.6. The van der Waals surface area contributed by atoms with E-state index >= 15 is 0 Å². The number of carbonyl (C=O) groups is 1. The van der Waals surface area contributed by atoms with E-state index in [1.165, 1.54) is 6.07 Å². The number of carboxylic acids is 1. The van der Waals surface area contributed by atoms with Gasteiger partial charge in [-0.3, -0.25) is 4.79 Å². The Kier molecular flexibility index (Phi) is 4.68. The fraction of sp³-hybridized carbons (Fsp3) is 0.235. The van der Waals surface area contributed by atoms with Crippen LogP contribution in [0, 0.1) is 24.5 Å². The topological polar surface area (TPSA) is 37.3 Å². The fourth-order valence-electron chi connectivity index (χ4n) is 2.32. The van der Waals surface area contributed by atoms with Gasteiger partial charge in [-0.1, -0.05) is 35.9 Å². The van der Waals surface area contributed by atoms with E-state index in [0.717, 1.165) is 23.3 Å². The average Bonchev–Trinajstić information content (AvgIpc) is 2.40. The molecule has 2 aromatic carbocycles. The molecule has 110 valence electrons. The molecule has 2 nitrogen and oxygen atoms in total. The summed E-state index contributed by atoms with van der Waals surface area (Å²) in [4.78, 5) is 11.4. The first-order valence-corrected chi connectivity index (χ1v) is 6.68. The van der Waals surface area contributed by atoms with Crippen molar-refractivity contribution in [2.45, 2.75) is 19.8 Å². The smallest absolute Gasteiger partial charge is 0.307 e. The zero-order valence-corrected chi connectivity index (χ0v) is 11.6. The molecule has 0 aromatic heterocycles. The van der Waals surface area contributed by atoms with Crippen molar-refractivity contribution in [3.05, 3.63) is 70.8 Å². The van der Waals surface area contributed by atoms with E-state index < -0.39 is 23.5 Å². The molecule has 0 fully saturated rings. The number of hydrogen-bond donors (Lipinski definition) is 1. The van der Waals surface area contributed by atoms with Gasteiger partial charge in [0.25, 0.3) is 0 Å². The molecule has 0 spiro atoms. The predicted octanol–water partition coefficient (Wildman–Crippen LogP) is 3.76. The van der Waals surface area contributed by atoms with Crippen LogP contribution in [0.25, 0.3) is 0 Å². The molecule has 4 heteroatoms. The van der Waals surface area contributed by atoms with Crippen molar-refractivity contribution in [2.24, 2.45) is 5.92 Å². The van der Waals surface area contributed by atoms with E-state index in [1.807, 2.05) is 31.2 Å². The van der Waals surface area contributed by atoms with Crippen LogP contribution in [0.2, 0.25) is 0 Å². The Morgan fingerprint density at radius 3 is 2.52 bits per heavy atom. The lowest BCUT2D eigenvalue weighted by atomic mass is 9.92. The number of rotatable bonds is 5. The number of carboxylic acid groups (broad SMARTS) is 1. The fourth-order valence-corrected chi connectivity index (χ4v) is 2.32. The predicted molar refractivity (Wildman–Crippen MR) is 76.1 cm³/mol. The SMILES string of the molecule is Cc1cccc(CC(Cc2ccc(F)cc2F)C(=O)O)c1. The Balaban J connectivity index is 2.18. The van der Waals surface area contributed by atoms with E-state index in [0.29, 0.717) is 6.42 Å². The molecule has 0 heterocycles. The summed E-state index contributed by atoms with van der Waals surface area (Å²) < 4.78 is 26.5. The molecule has 0 bridgehead atoms. The van der Waals surface area contributed by atoms with Crippen molar-refractivity contribution < 1.29 is 18.7 Å². The number of halogens is 2. The highest BCUT2D eigenvalue weighted by atomic mass is 19.1. The third-order valence-corrected chi connectivity index (χ3v) is 3.40. The molecule has 0 aliphatic rings. The second kappa shape index (κ2) is 6.48. The number of aliphatic carboxylic acids is 1. The summed E-state index contributed by atoms with van der Waals surface area (Å²) >= 11 is 0. The van der Waals surface area contributed by atoms with Gasteiger partial charge in [0.1, 0.15) is 11.6 Å². The Hall–Kier alpha value is -2.23.